The number of amides is 1. The summed E-state index contributed by atoms with van der Waals surface area (Å²) in [5.74, 6) is -0.951. The third-order valence-corrected chi connectivity index (χ3v) is 2.16. The minimum Gasteiger partial charge on any atom is -0.383 e. The predicted octanol–water partition coefficient (Wildman–Crippen LogP) is 0.0614. The number of hydrogen-bond donors (Lipinski definition) is 1. The van der Waals surface area contributed by atoms with E-state index in [1.54, 1.807) is 12.1 Å². The first kappa shape index (κ1) is 13.9. The lowest BCUT2D eigenvalue weighted by molar-refractivity contribution is -0.385. The van der Waals surface area contributed by atoms with Crippen LogP contribution in [0.3, 0.4) is 0 Å². The topological polar surface area (TPSA) is 150 Å². The monoisotopic (exact) mass is 260 g/mol. The maximum atomic E-state index is 12.0. The molecule has 0 unspecified atom stereocenters. The fourth-order valence-corrected chi connectivity index (χ4v) is 1.28. The van der Waals surface area contributed by atoms with E-state index in [1.165, 1.54) is 0 Å². The molecule has 0 spiro atoms. The van der Waals surface area contributed by atoms with Crippen LogP contribution in [-0.2, 0) is 0 Å². The van der Waals surface area contributed by atoms with Crippen LogP contribution in [0.15, 0.2) is 12.3 Å². The number of hydrogen-bond acceptors (Lipinski definition) is 7. The summed E-state index contributed by atoms with van der Waals surface area (Å²) in [6, 6.07) is 4.40. The highest BCUT2D eigenvalue weighted by Crippen LogP contribution is 2.18. The highest BCUT2D eigenvalue weighted by molar-refractivity contribution is 5.99. The van der Waals surface area contributed by atoms with Gasteiger partial charge in [-0.05, 0) is 0 Å². The van der Waals surface area contributed by atoms with Crippen molar-refractivity contribution < 1.29 is 9.72 Å². The summed E-state index contributed by atoms with van der Waals surface area (Å²) in [5.41, 5.74) is 4.87. The largest absolute Gasteiger partial charge is 0.383 e. The Labute approximate surface area is 107 Å². The number of aromatic nitrogens is 1. The molecule has 1 aromatic rings. The van der Waals surface area contributed by atoms with E-state index in [9.17, 15) is 14.9 Å². The second-order valence-corrected chi connectivity index (χ2v) is 3.36. The van der Waals surface area contributed by atoms with Crippen molar-refractivity contribution in [3.05, 3.63) is 27.9 Å². The summed E-state index contributed by atoms with van der Waals surface area (Å²) in [6.45, 7) is -0.650. The molecule has 0 radical (unpaired) electrons. The average molecular weight is 260 g/mol. The number of nitro groups is 1. The molecule has 1 rings (SSSR count). The van der Waals surface area contributed by atoms with Crippen molar-refractivity contribution in [2.24, 2.45) is 0 Å². The number of rotatable bonds is 4. The molecule has 0 saturated heterocycles. The number of nitrogen functional groups attached to an aromatic ring is 1. The number of nitrogens with zero attached hydrogens (tertiary/aromatic N) is 5. The molecule has 9 nitrogen and oxygen atoms in total. The maximum Gasteiger partial charge on any atom is 0.288 e. The predicted molar refractivity (Wildman–Crippen MR) is 62.4 cm³/mol. The van der Waals surface area contributed by atoms with Crippen LogP contribution in [0.4, 0.5) is 11.5 Å². The standard InChI is InChI=1S/C10H8N6O3/c11-1-3-15(4-2-12)10(17)8-5-7(16(18)19)6-14-9(8)13/h5-6H,3-4H2,(H2,13,14). The van der Waals surface area contributed by atoms with E-state index in [0.29, 0.717) is 0 Å². The molecule has 0 atom stereocenters. The fourth-order valence-electron chi connectivity index (χ4n) is 1.28. The lowest BCUT2D eigenvalue weighted by atomic mass is 10.2. The molecule has 0 saturated carbocycles. The Bertz CT molecular complexity index is 584. The van der Waals surface area contributed by atoms with Crippen LogP contribution in [0.2, 0.25) is 0 Å². The molecule has 1 heterocycles. The lowest BCUT2D eigenvalue weighted by Crippen LogP contribution is -2.32. The van der Waals surface area contributed by atoms with Gasteiger partial charge in [0.05, 0.1) is 22.6 Å². The van der Waals surface area contributed by atoms with Crippen LogP contribution in [0, 0.1) is 32.8 Å². The van der Waals surface area contributed by atoms with E-state index in [1.807, 2.05) is 0 Å². The lowest BCUT2D eigenvalue weighted by Gasteiger charge is -2.16. The molecule has 9 heteroatoms. The van der Waals surface area contributed by atoms with Gasteiger partial charge < -0.3 is 10.6 Å². The van der Waals surface area contributed by atoms with Gasteiger partial charge in [-0.2, -0.15) is 10.5 Å². The SMILES string of the molecule is N#CCN(CC#N)C(=O)c1cc([N+](=O)[O-])cnc1N. The minimum atomic E-state index is -0.753. The van der Waals surface area contributed by atoms with Crippen molar-refractivity contribution in [1.29, 1.82) is 10.5 Å². The molecule has 0 aliphatic heterocycles. The second kappa shape index (κ2) is 5.93. The summed E-state index contributed by atoms with van der Waals surface area (Å²) >= 11 is 0. The summed E-state index contributed by atoms with van der Waals surface area (Å²) < 4.78 is 0. The van der Waals surface area contributed by atoms with Crippen LogP contribution < -0.4 is 5.73 Å². The smallest absolute Gasteiger partial charge is 0.288 e. The molecule has 2 N–H and O–H groups in total. The Morgan fingerprint density at radius 2 is 2.05 bits per heavy atom. The molecular formula is C10H8N6O3. The van der Waals surface area contributed by atoms with Crippen molar-refractivity contribution in [2.75, 3.05) is 18.8 Å². The van der Waals surface area contributed by atoms with E-state index in [-0.39, 0.29) is 24.5 Å². The number of nitrogens with two attached hydrogens (primary N) is 1. The number of anilines is 1. The van der Waals surface area contributed by atoms with Gasteiger partial charge in [-0.1, -0.05) is 0 Å². The molecular weight excluding hydrogens is 252 g/mol. The highest BCUT2D eigenvalue weighted by Gasteiger charge is 2.21. The molecule has 96 valence electrons. The summed E-state index contributed by atoms with van der Waals surface area (Å²) in [4.78, 5) is 26.3. The fraction of sp³-hybridized carbons (Fsp3) is 0.200. The molecule has 0 aromatic carbocycles. The number of carbonyl (C=O) groups excluding carboxylic acids is 1. The van der Waals surface area contributed by atoms with Gasteiger partial charge in [0.15, 0.2) is 0 Å². The van der Waals surface area contributed by atoms with Crippen molar-refractivity contribution >= 4 is 17.4 Å². The van der Waals surface area contributed by atoms with Crippen LogP contribution in [0.1, 0.15) is 10.4 Å². The van der Waals surface area contributed by atoms with Gasteiger partial charge >= 0.3 is 0 Å². The van der Waals surface area contributed by atoms with E-state index in [0.717, 1.165) is 17.2 Å². The molecule has 0 fully saturated rings. The van der Waals surface area contributed by atoms with Gasteiger partial charge in [-0.15, -0.1) is 0 Å². The van der Waals surface area contributed by atoms with E-state index < -0.39 is 16.5 Å². The number of carbonyl (C=O) groups is 1. The minimum absolute atomic E-state index is 0.198. The average Bonchev–Trinajstić information content (AvgIpc) is 2.38. The second-order valence-electron chi connectivity index (χ2n) is 3.36. The van der Waals surface area contributed by atoms with Gasteiger partial charge in [-0.25, -0.2) is 4.98 Å². The van der Waals surface area contributed by atoms with Gasteiger partial charge in [-0.3, -0.25) is 14.9 Å². The third-order valence-electron chi connectivity index (χ3n) is 2.16. The van der Waals surface area contributed by atoms with Gasteiger partial charge in [0.25, 0.3) is 11.6 Å². The molecule has 0 aliphatic rings. The Kier molecular flexibility index (Phi) is 4.33. The molecule has 19 heavy (non-hydrogen) atoms. The van der Waals surface area contributed by atoms with Gasteiger partial charge in [0, 0.05) is 6.07 Å². The summed E-state index contributed by atoms with van der Waals surface area (Å²) in [6.07, 6.45) is 0.922. The van der Waals surface area contributed by atoms with Crippen molar-refractivity contribution in [1.82, 2.24) is 9.88 Å². The Morgan fingerprint density at radius 3 is 2.53 bits per heavy atom. The Morgan fingerprint density at radius 1 is 1.47 bits per heavy atom. The van der Waals surface area contributed by atoms with Crippen molar-refractivity contribution in [3.8, 4) is 12.1 Å². The van der Waals surface area contributed by atoms with Crippen LogP contribution in [0.25, 0.3) is 0 Å². The van der Waals surface area contributed by atoms with E-state index in [2.05, 4.69) is 4.98 Å². The third kappa shape index (κ3) is 3.14. The van der Waals surface area contributed by atoms with Crippen LogP contribution >= 0.6 is 0 Å². The Balaban J connectivity index is 3.17. The first-order valence-corrected chi connectivity index (χ1v) is 4.94. The quantitative estimate of drug-likeness (QED) is 0.456. The summed E-state index contributed by atoms with van der Waals surface area (Å²) in [7, 11) is 0. The van der Waals surface area contributed by atoms with Gasteiger partial charge in [0.2, 0.25) is 0 Å². The zero-order valence-electron chi connectivity index (χ0n) is 9.61. The normalized spacial score (nSPS) is 9.16. The Hall–Kier alpha value is -3.20. The number of pyridine rings is 1. The van der Waals surface area contributed by atoms with E-state index in [4.69, 9.17) is 16.3 Å². The maximum absolute atomic E-state index is 12.0. The van der Waals surface area contributed by atoms with Crippen LogP contribution in [-0.4, -0.2) is 33.8 Å². The van der Waals surface area contributed by atoms with Crippen molar-refractivity contribution in [3.63, 3.8) is 0 Å². The molecule has 0 bridgehead atoms. The molecule has 0 aliphatic carbocycles. The highest BCUT2D eigenvalue weighted by atomic mass is 16.6. The van der Waals surface area contributed by atoms with E-state index >= 15 is 0 Å². The molecule has 1 amide bonds. The number of nitriles is 2. The first-order valence-electron chi connectivity index (χ1n) is 4.94. The summed E-state index contributed by atoms with van der Waals surface area (Å²) in [5, 5.41) is 27.7. The van der Waals surface area contributed by atoms with Gasteiger partial charge in [0.1, 0.15) is 25.1 Å². The zero-order valence-corrected chi connectivity index (χ0v) is 9.61. The molecule has 1 aromatic heterocycles. The van der Waals surface area contributed by atoms with Crippen molar-refractivity contribution in [2.45, 2.75) is 0 Å². The zero-order chi connectivity index (χ0) is 14.4. The van der Waals surface area contributed by atoms with Crippen LogP contribution in [0.5, 0.6) is 0 Å². The first-order chi connectivity index (χ1) is 9.01.